The smallest absolute Gasteiger partial charge is 0.175 e. The first-order valence-corrected chi connectivity index (χ1v) is 7.45. The van der Waals surface area contributed by atoms with E-state index in [0.29, 0.717) is 11.4 Å². The zero-order valence-electron chi connectivity index (χ0n) is 10.1. The molecular formula is C14H14NO2S. The lowest BCUT2D eigenvalue weighted by Crippen LogP contribution is -2.06. The maximum Gasteiger partial charge on any atom is 0.175 e. The molecule has 0 aliphatic heterocycles. The topological polar surface area (TPSA) is 46.2 Å². The summed E-state index contributed by atoms with van der Waals surface area (Å²) in [6.07, 6.45) is 1.22. The molecule has 0 aromatic heterocycles. The fraction of sp³-hybridized carbons (Fsp3) is 0.143. The Hall–Kier alpha value is -1.81. The third kappa shape index (κ3) is 3.11. The number of nitrogens with one attached hydrogen (secondary N) is 1. The quantitative estimate of drug-likeness (QED) is 0.918. The van der Waals surface area contributed by atoms with E-state index in [1.54, 1.807) is 12.1 Å². The largest absolute Gasteiger partial charge is 0.380 e. The van der Waals surface area contributed by atoms with Crippen molar-refractivity contribution >= 4 is 15.5 Å². The fourth-order valence-corrected chi connectivity index (χ4v) is 2.65. The molecule has 18 heavy (non-hydrogen) atoms. The molecule has 0 atom stereocenters. The Kier molecular flexibility index (Phi) is 3.67. The number of anilines is 1. The van der Waals surface area contributed by atoms with Crippen LogP contribution in [0.4, 0.5) is 5.69 Å². The van der Waals surface area contributed by atoms with Crippen molar-refractivity contribution < 1.29 is 8.42 Å². The van der Waals surface area contributed by atoms with Crippen LogP contribution in [0.5, 0.6) is 0 Å². The Labute approximate surface area is 107 Å². The van der Waals surface area contributed by atoms with E-state index in [1.165, 1.54) is 6.26 Å². The molecule has 0 bridgehead atoms. The van der Waals surface area contributed by atoms with E-state index in [9.17, 15) is 8.42 Å². The van der Waals surface area contributed by atoms with Crippen LogP contribution in [0.15, 0.2) is 53.4 Å². The van der Waals surface area contributed by atoms with E-state index in [4.69, 9.17) is 0 Å². The lowest BCUT2D eigenvalue weighted by Gasteiger charge is -2.09. The minimum absolute atomic E-state index is 0.369. The third-order valence-electron chi connectivity index (χ3n) is 2.55. The summed E-state index contributed by atoms with van der Waals surface area (Å²) in [5.41, 5.74) is 1.61. The summed E-state index contributed by atoms with van der Waals surface area (Å²) in [4.78, 5) is 0.369. The lowest BCUT2D eigenvalue weighted by atomic mass is 10.2. The van der Waals surface area contributed by atoms with Gasteiger partial charge in [0, 0.05) is 24.6 Å². The number of hydrogen-bond acceptors (Lipinski definition) is 3. The minimum Gasteiger partial charge on any atom is -0.380 e. The van der Waals surface area contributed by atoms with E-state index >= 15 is 0 Å². The highest BCUT2D eigenvalue weighted by atomic mass is 32.2. The molecule has 4 heteroatoms. The average molecular weight is 260 g/mol. The molecule has 1 radical (unpaired) electrons. The predicted molar refractivity (Wildman–Crippen MR) is 72.2 cm³/mol. The Morgan fingerprint density at radius 2 is 1.83 bits per heavy atom. The van der Waals surface area contributed by atoms with Gasteiger partial charge in [0.05, 0.1) is 4.90 Å². The van der Waals surface area contributed by atoms with Crippen molar-refractivity contribution in [3.63, 3.8) is 0 Å². The first-order valence-electron chi connectivity index (χ1n) is 5.56. The number of rotatable bonds is 4. The Morgan fingerprint density at radius 3 is 2.50 bits per heavy atom. The van der Waals surface area contributed by atoms with Crippen molar-refractivity contribution in [2.24, 2.45) is 0 Å². The van der Waals surface area contributed by atoms with Gasteiger partial charge in [-0.1, -0.05) is 36.4 Å². The van der Waals surface area contributed by atoms with Crippen molar-refractivity contribution in [1.82, 2.24) is 0 Å². The summed E-state index contributed by atoms with van der Waals surface area (Å²) in [6.45, 7) is 0.462. The molecule has 2 aromatic carbocycles. The summed E-state index contributed by atoms with van der Waals surface area (Å²) < 4.78 is 23.3. The van der Waals surface area contributed by atoms with Gasteiger partial charge in [0.25, 0.3) is 0 Å². The van der Waals surface area contributed by atoms with Crippen molar-refractivity contribution in [2.45, 2.75) is 11.4 Å². The zero-order valence-corrected chi connectivity index (χ0v) is 10.9. The first kappa shape index (κ1) is 12.6. The van der Waals surface area contributed by atoms with Crippen molar-refractivity contribution in [3.05, 3.63) is 60.2 Å². The SMILES string of the molecule is CS(=O)(=O)c1ccccc1CNc1[c]cccc1. The van der Waals surface area contributed by atoms with Gasteiger partial charge in [0.1, 0.15) is 0 Å². The van der Waals surface area contributed by atoms with Crippen LogP contribution in [0.2, 0.25) is 0 Å². The first-order chi connectivity index (χ1) is 8.57. The molecule has 3 nitrogen and oxygen atoms in total. The average Bonchev–Trinajstić information content (AvgIpc) is 2.37. The molecule has 93 valence electrons. The summed E-state index contributed by atoms with van der Waals surface area (Å²) in [5.74, 6) is 0. The molecule has 0 aliphatic carbocycles. The van der Waals surface area contributed by atoms with Gasteiger partial charge in [-0.3, -0.25) is 0 Å². The molecule has 0 spiro atoms. The fourth-order valence-electron chi connectivity index (χ4n) is 1.71. The van der Waals surface area contributed by atoms with Crippen LogP contribution in [0.25, 0.3) is 0 Å². The highest BCUT2D eigenvalue weighted by molar-refractivity contribution is 7.90. The normalized spacial score (nSPS) is 11.2. The molecule has 0 amide bonds. The molecule has 0 aliphatic rings. The Balaban J connectivity index is 2.20. The summed E-state index contributed by atoms with van der Waals surface area (Å²) in [6, 6.07) is 17.5. The Morgan fingerprint density at radius 1 is 1.11 bits per heavy atom. The van der Waals surface area contributed by atoms with Crippen molar-refractivity contribution in [3.8, 4) is 0 Å². The molecule has 0 fully saturated rings. The maximum absolute atomic E-state index is 11.6. The molecule has 0 saturated heterocycles. The van der Waals surface area contributed by atoms with Gasteiger partial charge in [-0.25, -0.2) is 8.42 Å². The molecule has 1 N–H and O–H groups in total. The van der Waals surface area contributed by atoms with Crippen LogP contribution in [-0.4, -0.2) is 14.7 Å². The van der Waals surface area contributed by atoms with E-state index < -0.39 is 9.84 Å². The van der Waals surface area contributed by atoms with Crippen molar-refractivity contribution in [1.29, 1.82) is 0 Å². The lowest BCUT2D eigenvalue weighted by molar-refractivity contribution is 0.601. The van der Waals surface area contributed by atoms with Gasteiger partial charge >= 0.3 is 0 Å². The summed E-state index contributed by atoms with van der Waals surface area (Å²) in [5, 5.41) is 3.15. The molecule has 0 saturated carbocycles. The standard InChI is InChI=1S/C14H14NO2S/c1-18(16,17)14-10-6-5-7-12(14)11-15-13-8-3-2-4-9-13/h2-8,10,15H,11H2,1H3. The van der Waals surface area contributed by atoms with Gasteiger partial charge in [-0.15, -0.1) is 0 Å². The predicted octanol–water partition coefficient (Wildman–Crippen LogP) is 2.50. The van der Waals surface area contributed by atoms with Gasteiger partial charge in [0.2, 0.25) is 0 Å². The highest BCUT2D eigenvalue weighted by Gasteiger charge is 2.11. The van der Waals surface area contributed by atoms with Gasteiger partial charge in [-0.05, 0) is 17.7 Å². The van der Waals surface area contributed by atoms with Crippen molar-refractivity contribution in [2.75, 3.05) is 11.6 Å². The molecule has 0 heterocycles. The molecule has 2 aromatic rings. The summed E-state index contributed by atoms with van der Waals surface area (Å²) in [7, 11) is -3.19. The second kappa shape index (κ2) is 5.23. The van der Waals surface area contributed by atoms with E-state index in [2.05, 4.69) is 11.4 Å². The van der Waals surface area contributed by atoms with Crippen LogP contribution in [0.3, 0.4) is 0 Å². The number of benzene rings is 2. The monoisotopic (exact) mass is 260 g/mol. The molecule has 0 unspecified atom stereocenters. The zero-order chi connectivity index (χ0) is 13.0. The van der Waals surface area contributed by atoms with Crippen LogP contribution in [0, 0.1) is 6.07 Å². The van der Waals surface area contributed by atoms with E-state index in [-0.39, 0.29) is 0 Å². The molecular weight excluding hydrogens is 246 g/mol. The third-order valence-corrected chi connectivity index (χ3v) is 3.75. The Bertz CT molecular complexity index is 621. The maximum atomic E-state index is 11.6. The van der Waals surface area contributed by atoms with Crippen LogP contribution >= 0.6 is 0 Å². The van der Waals surface area contributed by atoms with E-state index in [1.807, 2.05) is 36.4 Å². The minimum atomic E-state index is -3.19. The second-order valence-corrected chi connectivity index (χ2v) is 5.99. The van der Waals surface area contributed by atoms with Gasteiger partial charge < -0.3 is 5.32 Å². The van der Waals surface area contributed by atoms with Gasteiger partial charge in [-0.2, -0.15) is 0 Å². The number of sulfone groups is 1. The summed E-state index contributed by atoms with van der Waals surface area (Å²) >= 11 is 0. The van der Waals surface area contributed by atoms with E-state index in [0.717, 1.165) is 11.3 Å². The highest BCUT2D eigenvalue weighted by Crippen LogP contribution is 2.16. The second-order valence-electron chi connectivity index (χ2n) is 4.01. The van der Waals surface area contributed by atoms with Crippen LogP contribution in [-0.2, 0) is 16.4 Å². The van der Waals surface area contributed by atoms with Crippen LogP contribution in [0.1, 0.15) is 5.56 Å². The molecule has 2 rings (SSSR count). The number of hydrogen-bond donors (Lipinski definition) is 1. The van der Waals surface area contributed by atoms with Crippen LogP contribution < -0.4 is 5.32 Å². The number of para-hydroxylation sites is 1. The van der Waals surface area contributed by atoms with Gasteiger partial charge in [0.15, 0.2) is 9.84 Å².